The molecule has 6 heteroatoms. The minimum Gasteiger partial charge on any atom is -0.478 e. The first-order valence-corrected chi connectivity index (χ1v) is 8.63. The standard InChI is InChI=1S/C17H20ClNO3S/c1-17(2,22-14-5-3-13(18)4-6-14)16(21)19-9-7-15(20)12-8-10-23-11-12/h3-6,8,10-11,15,20H,7,9H2,1-2H3,(H,19,21). The fourth-order valence-corrected chi connectivity index (χ4v) is 2.84. The van der Waals surface area contributed by atoms with Gasteiger partial charge in [-0.25, -0.2) is 0 Å². The Bertz CT molecular complexity index is 626. The van der Waals surface area contributed by atoms with Crippen LogP contribution in [0.5, 0.6) is 5.75 Å². The van der Waals surface area contributed by atoms with E-state index in [0.717, 1.165) is 5.56 Å². The van der Waals surface area contributed by atoms with Crippen LogP contribution in [0, 0.1) is 0 Å². The number of carbonyl (C=O) groups is 1. The van der Waals surface area contributed by atoms with E-state index in [2.05, 4.69) is 5.32 Å². The summed E-state index contributed by atoms with van der Waals surface area (Å²) < 4.78 is 5.72. The van der Waals surface area contributed by atoms with Crippen LogP contribution in [0.4, 0.5) is 0 Å². The van der Waals surface area contributed by atoms with E-state index in [-0.39, 0.29) is 5.91 Å². The second-order valence-electron chi connectivity index (χ2n) is 5.68. The number of amides is 1. The van der Waals surface area contributed by atoms with Gasteiger partial charge in [0, 0.05) is 11.6 Å². The van der Waals surface area contributed by atoms with Crippen molar-refractivity contribution in [3.8, 4) is 5.75 Å². The Kier molecular flexibility index (Phi) is 6.04. The number of ether oxygens (including phenoxy) is 1. The largest absolute Gasteiger partial charge is 0.478 e. The van der Waals surface area contributed by atoms with Gasteiger partial charge in [0.05, 0.1) is 6.10 Å². The smallest absolute Gasteiger partial charge is 0.263 e. The number of benzene rings is 1. The molecule has 0 aliphatic heterocycles. The van der Waals surface area contributed by atoms with Crippen molar-refractivity contribution in [1.29, 1.82) is 0 Å². The van der Waals surface area contributed by atoms with Crippen molar-refractivity contribution in [3.63, 3.8) is 0 Å². The van der Waals surface area contributed by atoms with Crippen molar-refractivity contribution < 1.29 is 14.6 Å². The molecule has 1 atom stereocenters. The van der Waals surface area contributed by atoms with Crippen molar-refractivity contribution >= 4 is 28.8 Å². The molecule has 4 nitrogen and oxygen atoms in total. The first-order chi connectivity index (χ1) is 10.9. The predicted octanol–water partition coefficient (Wildman–Crippen LogP) is 3.80. The van der Waals surface area contributed by atoms with Crippen LogP contribution in [0.2, 0.25) is 5.02 Å². The highest BCUT2D eigenvalue weighted by Gasteiger charge is 2.29. The maximum Gasteiger partial charge on any atom is 0.263 e. The van der Waals surface area contributed by atoms with Crippen LogP contribution in [0.1, 0.15) is 31.9 Å². The normalized spacial score (nSPS) is 12.7. The van der Waals surface area contributed by atoms with Gasteiger partial charge in [-0.1, -0.05) is 11.6 Å². The lowest BCUT2D eigenvalue weighted by molar-refractivity contribution is -0.134. The molecule has 0 fully saturated rings. The molecule has 0 saturated carbocycles. The van der Waals surface area contributed by atoms with Gasteiger partial charge in [0.1, 0.15) is 5.75 Å². The summed E-state index contributed by atoms with van der Waals surface area (Å²) >= 11 is 7.37. The number of thiophene rings is 1. The van der Waals surface area contributed by atoms with Gasteiger partial charge in [-0.3, -0.25) is 4.79 Å². The van der Waals surface area contributed by atoms with E-state index in [9.17, 15) is 9.90 Å². The lowest BCUT2D eigenvalue weighted by Gasteiger charge is -2.25. The van der Waals surface area contributed by atoms with Crippen molar-refractivity contribution in [2.24, 2.45) is 0 Å². The minimum atomic E-state index is -1.01. The van der Waals surface area contributed by atoms with Crippen LogP contribution < -0.4 is 10.1 Å². The molecule has 0 spiro atoms. The number of aliphatic hydroxyl groups is 1. The van der Waals surface area contributed by atoms with Crippen LogP contribution in [-0.4, -0.2) is 23.2 Å². The summed E-state index contributed by atoms with van der Waals surface area (Å²) in [7, 11) is 0. The summed E-state index contributed by atoms with van der Waals surface area (Å²) in [4.78, 5) is 12.3. The maximum absolute atomic E-state index is 12.3. The summed E-state index contributed by atoms with van der Waals surface area (Å²) in [5.41, 5.74) is -0.137. The molecule has 0 aliphatic carbocycles. The molecule has 0 saturated heterocycles. The van der Waals surface area contributed by atoms with Gasteiger partial charge in [-0.15, -0.1) is 0 Å². The highest BCUT2D eigenvalue weighted by molar-refractivity contribution is 7.07. The third-order valence-corrected chi connectivity index (χ3v) is 4.32. The average Bonchev–Trinajstić information content (AvgIpc) is 3.03. The molecular formula is C17H20ClNO3S. The SMILES string of the molecule is CC(C)(Oc1ccc(Cl)cc1)C(=O)NCCC(O)c1ccsc1. The van der Waals surface area contributed by atoms with Crippen LogP contribution in [0.15, 0.2) is 41.1 Å². The number of rotatable bonds is 7. The molecule has 1 aromatic heterocycles. The molecule has 1 heterocycles. The van der Waals surface area contributed by atoms with E-state index in [0.29, 0.717) is 23.7 Å². The number of aliphatic hydroxyl groups excluding tert-OH is 1. The summed E-state index contributed by atoms with van der Waals surface area (Å²) in [6.07, 6.45) is -0.110. The summed E-state index contributed by atoms with van der Waals surface area (Å²) in [6.45, 7) is 3.78. The fraction of sp³-hybridized carbons (Fsp3) is 0.353. The molecule has 23 heavy (non-hydrogen) atoms. The zero-order chi connectivity index (χ0) is 16.9. The third kappa shape index (κ3) is 5.23. The van der Waals surface area contributed by atoms with Gasteiger partial charge in [-0.05, 0) is 66.9 Å². The average molecular weight is 354 g/mol. The van der Waals surface area contributed by atoms with Gasteiger partial charge in [0.15, 0.2) is 5.60 Å². The van der Waals surface area contributed by atoms with Crippen LogP contribution in [0.25, 0.3) is 0 Å². The van der Waals surface area contributed by atoms with E-state index in [1.165, 1.54) is 11.3 Å². The molecule has 0 radical (unpaired) electrons. The van der Waals surface area contributed by atoms with Crippen molar-refractivity contribution in [2.75, 3.05) is 6.54 Å². The maximum atomic E-state index is 12.3. The third-order valence-electron chi connectivity index (χ3n) is 3.36. The van der Waals surface area contributed by atoms with Gasteiger partial charge >= 0.3 is 0 Å². The van der Waals surface area contributed by atoms with E-state index in [4.69, 9.17) is 16.3 Å². The van der Waals surface area contributed by atoms with E-state index < -0.39 is 11.7 Å². The zero-order valence-corrected chi connectivity index (χ0v) is 14.7. The number of hydrogen-bond donors (Lipinski definition) is 2. The first kappa shape index (κ1) is 17.8. The Labute approximate surface area is 145 Å². The molecule has 1 aromatic carbocycles. The van der Waals surface area contributed by atoms with E-state index in [1.807, 2.05) is 16.8 Å². The van der Waals surface area contributed by atoms with Crippen molar-refractivity contribution in [2.45, 2.75) is 32.0 Å². The number of hydrogen-bond acceptors (Lipinski definition) is 4. The number of carbonyl (C=O) groups excluding carboxylic acids is 1. The van der Waals surface area contributed by atoms with Crippen LogP contribution in [-0.2, 0) is 4.79 Å². The Morgan fingerprint density at radius 3 is 2.65 bits per heavy atom. The second-order valence-corrected chi connectivity index (χ2v) is 6.90. The molecule has 1 amide bonds. The highest BCUT2D eigenvalue weighted by atomic mass is 35.5. The predicted molar refractivity (Wildman–Crippen MR) is 93.1 cm³/mol. The lowest BCUT2D eigenvalue weighted by Crippen LogP contribution is -2.47. The lowest BCUT2D eigenvalue weighted by atomic mass is 10.1. The Morgan fingerprint density at radius 2 is 2.04 bits per heavy atom. The zero-order valence-electron chi connectivity index (χ0n) is 13.1. The van der Waals surface area contributed by atoms with Crippen LogP contribution in [0.3, 0.4) is 0 Å². The summed E-state index contributed by atoms with van der Waals surface area (Å²) in [5.74, 6) is 0.345. The molecule has 2 aromatic rings. The van der Waals surface area contributed by atoms with Gasteiger partial charge in [-0.2, -0.15) is 11.3 Å². The molecule has 1 unspecified atom stereocenters. The van der Waals surface area contributed by atoms with Gasteiger partial charge in [0.2, 0.25) is 0 Å². The number of halogens is 1. The molecular weight excluding hydrogens is 334 g/mol. The van der Waals surface area contributed by atoms with Crippen molar-refractivity contribution in [3.05, 3.63) is 51.7 Å². The Hall–Kier alpha value is -1.56. The second kappa shape index (κ2) is 7.81. The van der Waals surface area contributed by atoms with Gasteiger partial charge < -0.3 is 15.2 Å². The van der Waals surface area contributed by atoms with Crippen LogP contribution >= 0.6 is 22.9 Å². The monoisotopic (exact) mass is 353 g/mol. The molecule has 2 N–H and O–H groups in total. The van der Waals surface area contributed by atoms with E-state index in [1.54, 1.807) is 38.1 Å². The molecule has 0 aliphatic rings. The molecule has 0 bridgehead atoms. The quantitative estimate of drug-likeness (QED) is 0.796. The summed E-state index contributed by atoms with van der Waals surface area (Å²) in [6, 6.07) is 8.74. The minimum absolute atomic E-state index is 0.232. The highest BCUT2D eigenvalue weighted by Crippen LogP contribution is 2.21. The Balaban J connectivity index is 1.82. The first-order valence-electron chi connectivity index (χ1n) is 7.31. The number of nitrogens with one attached hydrogen (secondary N) is 1. The summed E-state index contributed by atoms with van der Waals surface area (Å²) in [5, 5.41) is 17.2. The molecule has 2 rings (SSSR count). The Morgan fingerprint density at radius 1 is 1.35 bits per heavy atom. The molecule has 124 valence electrons. The fourth-order valence-electron chi connectivity index (χ4n) is 2.01. The van der Waals surface area contributed by atoms with Crippen molar-refractivity contribution in [1.82, 2.24) is 5.32 Å². The van der Waals surface area contributed by atoms with E-state index >= 15 is 0 Å². The topological polar surface area (TPSA) is 58.6 Å². The van der Waals surface area contributed by atoms with Gasteiger partial charge in [0.25, 0.3) is 5.91 Å².